The molecule has 1 aliphatic rings. The smallest absolute Gasteiger partial charge is 0.140 e. The van der Waals surface area contributed by atoms with Crippen LogP contribution in [0.5, 0.6) is 0 Å². The van der Waals surface area contributed by atoms with Gasteiger partial charge in [0, 0.05) is 28.4 Å². The number of H-pyrrole nitrogens is 1. The lowest BCUT2D eigenvalue weighted by molar-refractivity contribution is 0.481. The molecule has 0 saturated carbocycles. The maximum absolute atomic E-state index is 8.27. The second-order valence-corrected chi connectivity index (χ2v) is 8.60. The Kier molecular flexibility index (Phi) is 5.49. The van der Waals surface area contributed by atoms with E-state index in [1.54, 1.807) is 11.3 Å². The molecule has 0 fully saturated rings. The van der Waals surface area contributed by atoms with Gasteiger partial charge in [-0.25, -0.2) is 0 Å². The Balaban J connectivity index is 1.54. The highest BCUT2D eigenvalue weighted by Gasteiger charge is 2.18. The van der Waals surface area contributed by atoms with Crippen LogP contribution in [0, 0.1) is 11.3 Å². The second kappa shape index (κ2) is 8.19. The Labute approximate surface area is 170 Å². The van der Waals surface area contributed by atoms with Gasteiger partial charge in [0.2, 0.25) is 0 Å². The zero-order valence-electron chi connectivity index (χ0n) is 16.5. The Morgan fingerprint density at radius 2 is 2.25 bits per heavy atom. The third-order valence-electron chi connectivity index (χ3n) is 5.69. The number of benzene rings is 1. The van der Waals surface area contributed by atoms with Gasteiger partial charge in [0.05, 0.1) is 4.88 Å². The summed E-state index contributed by atoms with van der Waals surface area (Å²) in [5, 5.41) is 14.8. The average Bonchev–Trinajstić information content (AvgIpc) is 3.38. The molecule has 0 radical (unpaired) electrons. The first-order valence-electron chi connectivity index (χ1n) is 9.96. The number of rotatable bonds is 5. The first kappa shape index (κ1) is 18.8. The van der Waals surface area contributed by atoms with E-state index >= 15 is 0 Å². The highest BCUT2D eigenvalue weighted by Crippen LogP contribution is 2.36. The van der Waals surface area contributed by atoms with E-state index in [-0.39, 0.29) is 0 Å². The molecule has 1 atom stereocenters. The van der Waals surface area contributed by atoms with Crippen LogP contribution in [0.2, 0.25) is 0 Å². The van der Waals surface area contributed by atoms with Gasteiger partial charge in [-0.3, -0.25) is 5.41 Å². The van der Waals surface area contributed by atoms with E-state index in [2.05, 4.69) is 54.6 Å². The Bertz CT molecular complexity index is 1040. The van der Waals surface area contributed by atoms with E-state index in [1.165, 1.54) is 34.9 Å². The number of fused-ring (bicyclic) bond motifs is 1. The summed E-state index contributed by atoms with van der Waals surface area (Å²) in [5.41, 5.74) is 6.37. The first-order valence-corrected chi connectivity index (χ1v) is 10.8. The van der Waals surface area contributed by atoms with Gasteiger partial charge in [0.1, 0.15) is 5.84 Å². The molecule has 0 amide bonds. The summed E-state index contributed by atoms with van der Waals surface area (Å²) in [5.74, 6) is 1.22. The van der Waals surface area contributed by atoms with Crippen molar-refractivity contribution in [3.8, 4) is 0 Å². The van der Waals surface area contributed by atoms with Crippen molar-refractivity contribution in [1.29, 1.82) is 5.41 Å². The van der Waals surface area contributed by atoms with Crippen molar-refractivity contribution in [3.05, 3.63) is 70.1 Å². The van der Waals surface area contributed by atoms with Crippen LogP contribution in [-0.4, -0.2) is 10.8 Å². The van der Waals surface area contributed by atoms with Gasteiger partial charge < -0.3 is 10.3 Å². The molecule has 2 aromatic heterocycles. The summed E-state index contributed by atoms with van der Waals surface area (Å²) >= 11 is 1.58. The van der Waals surface area contributed by atoms with E-state index in [1.807, 2.05) is 23.6 Å². The van der Waals surface area contributed by atoms with Gasteiger partial charge in [-0.05, 0) is 80.7 Å². The van der Waals surface area contributed by atoms with Gasteiger partial charge in [0.15, 0.2) is 0 Å². The van der Waals surface area contributed by atoms with Crippen molar-refractivity contribution in [2.45, 2.75) is 39.5 Å². The second-order valence-electron chi connectivity index (χ2n) is 7.65. The number of amidine groups is 1. The maximum atomic E-state index is 8.27. The van der Waals surface area contributed by atoms with Gasteiger partial charge >= 0.3 is 0 Å². The molecule has 3 nitrogen and oxygen atoms in total. The lowest BCUT2D eigenvalue weighted by atomic mass is 9.83. The van der Waals surface area contributed by atoms with Gasteiger partial charge in [-0.1, -0.05) is 23.8 Å². The lowest BCUT2D eigenvalue weighted by Gasteiger charge is -2.22. The third kappa shape index (κ3) is 3.97. The number of anilines is 1. The summed E-state index contributed by atoms with van der Waals surface area (Å²) in [6.45, 7) is 4.37. The zero-order chi connectivity index (χ0) is 19.5. The molecule has 0 bridgehead atoms. The topological polar surface area (TPSA) is 51.7 Å². The molecule has 4 rings (SSSR count). The molecule has 1 aliphatic carbocycles. The van der Waals surface area contributed by atoms with E-state index in [4.69, 9.17) is 5.41 Å². The van der Waals surface area contributed by atoms with Gasteiger partial charge in [-0.15, -0.1) is 11.3 Å². The summed E-state index contributed by atoms with van der Waals surface area (Å²) in [6, 6.07) is 10.3. The Hall–Kier alpha value is -2.59. The predicted molar refractivity (Wildman–Crippen MR) is 122 cm³/mol. The number of thiophene rings is 1. The van der Waals surface area contributed by atoms with Crippen molar-refractivity contribution in [2.24, 2.45) is 5.92 Å². The standard InChI is InChI=1S/C24H27N3S/c1-3-16(2)13-17-6-8-18(9-7-17)21-15-26-22-11-10-19(14-20(21)22)27-24(25)23-5-4-12-28-23/h3-5,8,10-12,14-15,17,26H,6-7,9,13H2,1-2H3,(H2,25,27)/b16-3+. The minimum atomic E-state index is 0.450. The van der Waals surface area contributed by atoms with Crippen LogP contribution in [0.15, 0.2) is 59.6 Å². The molecule has 28 heavy (non-hydrogen) atoms. The average molecular weight is 390 g/mol. The number of nitrogens with one attached hydrogen (secondary N) is 3. The number of aromatic amines is 1. The highest BCUT2D eigenvalue weighted by molar-refractivity contribution is 7.12. The van der Waals surface area contributed by atoms with Crippen molar-refractivity contribution in [2.75, 3.05) is 5.32 Å². The summed E-state index contributed by atoms with van der Waals surface area (Å²) < 4.78 is 0. The summed E-state index contributed by atoms with van der Waals surface area (Å²) in [4.78, 5) is 4.37. The number of allylic oxidation sites excluding steroid dienone is 4. The molecule has 1 unspecified atom stereocenters. The van der Waals surface area contributed by atoms with E-state index < -0.39 is 0 Å². The van der Waals surface area contributed by atoms with Crippen LogP contribution in [0.1, 0.15) is 50.0 Å². The molecular weight excluding hydrogens is 362 g/mol. The quantitative estimate of drug-likeness (QED) is 0.241. The van der Waals surface area contributed by atoms with Crippen LogP contribution < -0.4 is 5.32 Å². The molecule has 0 spiro atoms. The van der Waals surface area contributed by atoms with Crippen molar-refractivity contribution in [1.82, 2.24) is 4.98 Å². The van der Waals surface area contributed by atoms with Crippen molar-refractivity contribution >= 4 is 39.3 Å². The largest absolute Gasteiger partial charge is 0.361 e. The van der Waals surface area contributed by atoms with E-state index in [0.717, 1.165) is 34.8 Å². The minimum Gasteiger partial charge on any atom is -0.361 e. The fourth-order valence-corrected chi connectivity index (χ4v) is 4.61. The van der Waals surface area contributed by atoms with Crippen LogP contribution in [-0.2, 0) is 0 Å². The van der Waals surface area contributed by atoms with Crippen molar-refractivity contribution in [3.63, 3.8) is 0 Å². The molecule has 3 N–H and O–H groups in total. The van der Waals surface area contributed by atoms with Crippen LogP contribution in [0.4, 0.5) is 5.69 Å². The monoisotopic (exact) mass is 389 g/mol. The molecular formula is C24H27N3S. The van der Waals surface area contributed by atoms with Crippen LogP contribution >= 0.6 is 11.3 Å². The Morgan fingerprint density at radius 3 is 2.96 bits per heavy atom. The molecule has 2 heterocycles. The third-order valence-corrected chi connectivity index (χ3v) is 6.57. The number of aromatic nitrogens is 1. The zero-order valence-corrected chi connectivity index (χ0v) is 17.3. The first-order chi connectivity index (χ1) is 13.6. The number of hydrogen-bond acceptors (Lipinski definition) is 2. The highest BCUT2D eigenvalue weighted by atomic mass is 32.1. The minimum absolute atomic E-state index is 0.450. The maximum Gasteiger partial charge on any atom is 0.140 e. The van der Waals surface area contributed by atoms with Crippen molar-refractivity contribution < 1.29 is 0 Å². The molecule has 0 aliphatic heterocycles. The lowest BCUT2D eigenvalue weighted by Crippen LogP contribution is -2.10. The SMILES string of the molecule is C/C=C(\C)CC1CC=C(c2c[nH]c3ccc(NC(=N)c4cccs4)cc23)CC1. The normalized spacial score (nSPS) is 17.6. The van der Waals surface area contributed by atoms with Gasteiger partial charge in [-0.2, -0.15) is 0 Å². The molecule has 144 valence electrons. The summed E-state index contributed by atoms with van der Waals surface area (Å²) in [7, 11) is 0. The molecule has 4 heteroatoms. The Morgan fingerprint density at radius 1 is 1.36 bits per heavy atom. The van der Waals surface area contributed by atoms with Gasteiger partial charge in [0.25, 0.3) is 0 Å². The predicted octanol–water partition coefficient (Wildman–Crippen LogP) is 7.21. The molecule has 1 aromatic carbocycles. The number of hydrogen-bond donors (Lipinski definition) is 3. The van der Waals surface area contributed by atoms with E-state index in [9.17, 15) is 0 Å². The van der Waals surface area contributed by atoms with Crippen LogP contribution in [0.25, 0.3) is 16.5 Å². The molecule has 3 aromatic rings. The fourth-order valence-electron chi connectivity index (χ4n) is 3.98. The van der Waals surface area contributed by atoms with E-state index in [0.29, 0.717) is 5.84 Å². The summed E-state index contributed by atoms with van der Waals surface area (Å²) in [6.07, 6.45) is 11.6. The fraction of sp³-hybridized carbons (Fsp3) is 0.292. The van der Waals surface area contributed by atoms with Crippen LogP contribution in [0.3, 0.4) is 0 Å². The molecule has 0 saturated heterocycles.